The number of anilines is 1. The highest BCUT2D eigenvalue weighted by Gasteiger charge is 2.12. The summed E-state index contributed by atoms with van der Waals surface area (Å²) < 4.78 is 5.14. The summed E-state index contributed by atoms with van der Waals surface area (Å²) in [7, 11) is 0. The van der Waals surface area contributed by atoms with Crippen LogP contribution in [0, 0.1) is 13.8 Å². The molecule has 0 radical (unpaired) electrons. The highest BCUT2D eigenvalue weighted by atomic mass is 16.5. The summed E-state index contributed by atoms with van der Waals surface area (Å²) in [5.41, 5.74) is 16.1. The Hall–Kier alpha value is -1.81. The molecule has 16 heavy (non-hydrogen) atoms. The second-order valence-electron chi connectivity index (χ2n) is 3.82. The zero-order chi connectivity index (χ0) is 11.7. The summed E-state index contributed by atoms with van der Waals surface area (Å²) >= 11 is 0. The first-order chi connectivity index (χ1) is 7.63. The molecular weight excluding hydrogens is 202 g/mol. The number of nitrogen functional groups attached to an aromatic ring is 1. The maximum Gasteiger partial charge on any atom is 0.141 e. The van der Waals surface area contributed by atoms with Gasteiger partial charge in [-0.1, -0.05) is 11.2 Å². The van der Waals surface area contributed by atoms with E-state index in [1.165, 1.54) is 0 Å². The molecule has 0 saturated heterocycles. The molecule has 0 aliphatic carbocycles. The van der Waals surface area contributed by atoms with Gasteiger partial charge in [0.15, 0.2) is 0 Å². The fraction of sp³-hybridized carbons (Fsp3) is 0.250. The van der Waals surface area contributed by atoms with Gasteiger partial charge in [0, 0.05) is 17.8 Å². The summed E-state index contributed by atoms with van der Waals surface area (Å²) in [6.45, 7) is 4.25. The predicted molar refractivity (Wildman–Crippen MR) is 63.7 cm³/mol. The van der Waals surface area contributed by atoms with Gasteiger partial charge in [-0.3, -0.25) is 0 Å². The predicted octanol–water partition coefficient (Wildman–Crippen LogP) is 2.00. The first-order valence-electron chi connectivity index (χ1n) is 5.15. The van der Waals surface area contributed by atoms with Gasteiger partial charge in [0.2, 0.25) is 0 Å². The van der Waals surface area contributed by atoms with Crippen LogP contribution < -0.4 is 11.5 Å². The monoisotopic (exact) mass is 217 g/mol. The Labute approximate surface area is 94.2 Å². The van der Waals surface area contributed by atoms with E-state index < -0.39 is 0 Å². The molecule has 0 saturated carbocycles. The third-order valence-corrected chi connectivity index (χ3v) is 2.68. The van der Waals surface area contributed by atoms with Crippen molar-refractivity contribution in [3.8, 4) is 11.1 Å². The van der Waals surface area contributed by atoms with Crippen molar-refractivity contribution in [2.75, 3.05) is 5.73 Å². The molecule has 0 aliphatic rings. The molecule has 84 valence electrons. The lowest BCUT2D eigenvalue weighted by atomic mass is 10.0. The van der Waals surface area contributed by atoms with Gasteiger partial charge in [0.05, 0.1) is 5.69 Å². The molecule has 0 aliphatic heterocycles. The van der Waals surface area contributed by atoms with Gasteiger partial charge in [-0.25, -0.2) is 0 Å². The average molecular weight is 217 g/mol. The topological polar surface area (TPSA) is 78.1 Å². The van der Waals surface area contributed by atoms with Crippen LogP contribution in [0.2, 0.25) is 0 Å². The summed E-state index contributed by atoms with van der Waals surface area (Å²) in [5, 5.41) is 3.93. The van der Waals surface area contributed by atoms with Crippen molar-refractivity contribution in [1.82, 2.24) is 5.16 Å². The van der Waals surface area contributed by atoms with Gasteiger partial charge >= 0.3 is 0 Å². The third kappa shape index (κ3) is 1.67. The molecule has 4 heteroatoms. The zero-order valence-corrected chi connectivity index (χ0v) is 9.45. The van der Waals surface area contributed by atoms with E-state index in [9.17, 15) is 0 Å². The number of benzene rings is 1. The van der Waals surface area contributed by atoms with Crippen molar-refractivity contribution in [3.05, 3.63) is 35.2 Å². The SMILES string of the molecule is Cc1noc(C)c1-c1ccc(N)c(CN)c1. The number of hydrogen-bond donors (Lipinski definition) is 2. The third-order valence-electron chi connectivity index (χ3n) is 2.68. The average Bonchev–Trinajstić information content (AvgIpc) is 2.60. The maximum absolute atomic E-state index is 5.81. The minimum absolute atomic E-state index is 0.434. The number of rotatable bonds is 2. The van der Waals surface area contributed by atoms with Crippen LogP contribution in [0.1, 0.15) is 17.0 Å². The Bertz CT molecular complexity index is 497. The van der Waals surface area contributed by atoms with Crippen LogP contribution in [0.3, 0.4) is 0 Å². The van der Waals surface area contributed by atoms with Crippen LogP contribution in [-0.4, -0.2) is 5.16 Å². The van der Waals surface area contributed by atoms with E-state index in [0.717, 1.165) is 33.8 Å². The van der Waals surface area contributed by atoms with Crippen LogP contribution >= 0.6 is 0 Å². The quantitative estimate of drug-likeness (QED) is 0.754. The molecular formula is C12H15N3O. The van der Waals surface area contributed by atoms with E-state index in [2.05, 4.69) is 5.16 Å². The van der Waals surface area contributed by atoms with Crippen molar-refractivity contribution >= 4 is 5.69 Å². The van der Waals surface area contributed by atoms with Crippen LogP contribution in [-0.2, 0) is 6.54 Å². The molecule has 4 N–H and O–H groups in total. The second kappa shape index (κ2) is 3.98. The molecule has 1 aromatic heterocycles. The summed E-state index contributed by atoms with van der Waals surface area (Å²) in [6, 6.07) is 5.81. The van der Waals surface area contributed by atoms with Crippen molar-refractivity contribution < 1.29 is 4.52 Å². The molecule has 1 aromatic carbocycles. The summed E-state index contributed by atoms with van der Waals surface area (Å²) in [6.07, 6.45) is 0. The zero-order valence-electron chi connectivity index (χ0n) is 9.45. The molecule has 0 spiro atoms. The molecule has 0 bridgehead atoms. The molecule has 0 fully saturated rings. The van der Waals surface area contributed by atoms with Crippen molar-refractivity contribution in [3.63, 3.8) is 0 Å². The van der Waals surface area contributed by atoms with E-state index in [4.69, 9.17) is 16.0 Å². The Morgan fingerprint density at radius 3 is 2.62 bits per heavy atom. The van der Waals surface area contributed by atoms with E-state index in [1.807, 2.05) is 32.0 Å². The van der Waals surface area contributed by atoms with Gasteiger partial charge in [-0.2, -0.15) is 0 Å². The lowest BCUT2D eigenvalue weighted by Crippen LogP contribution is -2.01. The first kappa shape index (κ1) is 10.7. The van der Waals surface area contributed by atoms with Crippen LogP contribution in [0.15, 0.2) is 22.7 Å². The van der Waals surface area contributed by atoms with Gasteiger partial charge in [-0.15, -0.1) is 0 Å². The minimum atomic E-state index is 0.434. The maximum atomic E-state index is 5.81. The number of nitrogens with two attached hydrogens (primary N) is 2. The second-order valence-corrected chi connectivity index (χ2v) is 3.82. The number of nitrogens with zero attached hydrogens (tertiary/aromatic N) is 1. The van der Waals surface area contributed by atoms with Crippen LogP contribution in [0.5, 0.6) is 0 Å². The minimum Gasteiger partial charge on any atom is -0.398 e. The lowest BCUT2D eigenvalue weighted by Gasteiger charge is -2.06. The van der Waals surface area contributed by atoms with Crippen LogP contribution in [0.25, 0.3) is 11.1 Å². The molecule has 4 nitrogen and oxygen atoms in total. The number of aryl methyl sites for hydroxylation is 2. The molecule has 0 atom stereocenters. The fourth-order valence-electron chi connectivity index (χ4n) is 1.83. The molecule has 0 unspecified atom stereocenters. The highest BCUT2D eigenvalue weighted by molar-refractivity contribution is 5.70. The Morgan fingerprint density at radius 2 is 2.06 bits per heavy atom. The van der Waals surface area contributed by atoms with Crippen molar-refractivity contribution in [2.45, 2.75) is 20.4 Å². The van der Waals surface area contributed by atoms with Crippen LogP contribution in [0.4, 0.5) is 5.69 Å². The smallest absolute Gasteiger partial charge is 0.141 e. The van der Waals surface area contributed by atoms with Crippen molar-refractivity contribution in [1.29, 1.82) is 0 Å². The molecule has 2 aromatic rings. The van der Waals surface area contributed by atoms with Gasteiger partial charge < -0.3 is 16.0 Å². The summed E-state index contributed by atoms with van der Waals surface area (Å²) in [4.78, 5) is 0. The number of aromatic nitrogens is 1. The normalized spacial score (nSPS) is 10.7. The fourth-order valence-corrected chi connectivity index (χ4v) is 1.83. The lowest BCUT2D eigenvalue weighted by molar-refractivity contribution is 0.393. The Morgan fingerprint density at radius 1 is 1.31 bits per heavy atom. The standard InChI is InChI=1S/C12H15N3O/c1-7-12(8(2)16-15-7)9-3-4-11(14)10(5-9)6-13/h3-5H,6,13-14H2,1-2H3. The van der Waals surface area contributed by atoms with E-state index in [1.54, 1.807) is 0 Å². The first-order valence-corrected chi connectivity index (χ1v) is 5.15. The number of hydrogen-bond acceptors (Lipinski definition) is 4. The van der Waals surface area contributed by atoms with E-state index >= 15 is 0 Å². The Kier molecular flexibility index (Phi) is 2.66. The molecule has 1 heterocycles. The highest BCUT2D eigenvalue weighted by Crippen LogP contribution is 2.29. The van der Waals surface area contributed by atoms with Gasteiger partial charge in [0.1, 0.15) is 5.76 Å². The molecule has 0 amide bonds. The molecule has 2 rings (SSSR count). The summed E-state index contributed by atoms with van der Waals surface area (Å²) in [5.74, 6) is 0.810. The van der Waals surface area contributed by atoms with Gasteiger partial charge in [-0.05, 0) is 37.1 Å². The largest absolute Gasteiger partial charge is 0.398 e. The van der Waals surface area contributed by atoms with Gasteiger partial charge in [0.25, 0.3) is 0 Å². The Balaban J connectivity index is 2.57. The van der Waals surface area contributed by atoms with E-state index in [0.29, 0.717) is 6.54 Å². The van der Waals surface area contributed by atoms with E-state index in [-0.39, 0.29) is 0 Å². The van der Waals surface area contributed by atoms with Crippen molar-refractivity contribution in [2.24, 2.45) is 5.73 Å².